The molecule has 1 aromatic rings. The molecule has 0 atom stereocenters. The summed E-state index contributed by atoms with van der Waals surface area (Å²) in [6, 6.07) is 4.39. The average molecular weight is 357 g/mol. The van der Waals surface area contributed by atoms with E-state index in [1.165, 1.54) is 25.3 Å². The molecule has 0 bridgehead atoms. The van der Waals surface area contributed by atoms with Crippen molar-refractivity contribution in [1.29, 1.82) is 0 Å². The molecule has 0 unspecified atom stereocenters. The van der Waals surface area contributed by atoms with Crippen LogP contribution >= 0.6 is 0 Å². The molecule has 1 fully saturated rings. The lowest BCUT2D eigenvalue weighted by molar-refractivity contribution is -0.115. The lowest BCUT2D eigenvalue weighted by Gasteiger charge is -2.13. The van der Waals surface area contributed by atoms with Crippen molar-refractivity contribution in [2.45, 2.75) is 23.8 Å². The van der Waals surface area contributed by atoms with E-state index in [0.717, 1.165) is 12.8 Å². The van der Waals surface area contributed by atoms with Crippen LogP contribution < -0.4 is 20.1 Å². The van der Waals surface area contributed by atoms with Crippen LogP contribution in [-0.4, -0.2) is 54.3 Å². The molecule has 1 saturated carbocycles. The van der Waals surface area contributed by atoms with Crippen LogP contribution in [0.3, 0.4) is 0 Å². The summed E-state index contributed by atoms with van der Waals surface area (Å²) >= 11 is 0. The molecular formula is C15H23N3O5S. The quantitative estimate of drug-likeness (QED) is 0.521. The summed E-state index contributed by atoms with van der Waals surface area (Å²) in [6.45, 7) is 1.13. The normalized spacial score (nSPS) is 14.4. The molecule has 8 nitrogen and oxygen atoms in total. The summed E-state index contributed by atoms with van der Waals surface area (Å²) in [4.78, 5) is 12.1. The maximum absolute atomic E-state index is 12.3. The zero-order valence-electron chi connectivity index (χ0n) is 13.8. The number of amides is 1. The number of benzene rings is 1. The van der Waals surface area contributed by atoms with Crippen molar-refractivity contribution in [3.63, 3.8) is 0 Å². The number of hydrogen-bond acceptors (Lipinski definition) is 6. The van der Waals surface area contributed by atoms with Gasteiger partial charge in [-0.15, -0.1) is 0 Å². The standard InChI is InChI=1S/C15H23N3O5S/c1-22-8-7-16-10-15(19)17-13-9-12(5-6-14(13)23-2)24(20,21)18-11-3-4-11/h5-6,9,11,16,18H,3-4,7-8,10H2,1-2H3,(H,17,19). The van der Waals surface area contributed by atoms with E-state index in [9.17, 15) is 13.2 Å². The van der Waals surface area contributed by atoms with Gasteiger partial charge in [0.2, 0.25) is 15.9 Å². The monoisotopic (exact) mass is 357 g/mol. The van der Waals surface area contributed by atoms with Gasteiger partial charge in [0.05, 0.1) is 30.8 Å². The summed E-state index contributed by atoms with van der Waals surface area (Å²) in [5, 5.41) is 5.57. The second-order valence-corrected chi connectivity index (χ2v) is 7.19. The van der Waals surface area contributed by atoms with E-state index in [1.54, 1.807) is 7.11 Å². The summed E-state index contributed by atoms with van der Waals surface area (Å²) < 4.78 is 37.2. The van der Waals surface area contributed by atoms with Gasteiger partial charge >= 0.3 is 0 Å². The molecule has 0 radical (unpaired) electrons. The van der Waals surface area contributed by atoms with Crippen molar-refractivity contribution in [2.24, 2.45) is 0 Å². The topological polar surface area (TPSA) is 106 Å². The molecule has 1 amide bonds. The van der Waals surface area contributed by atoms with Gasteiger partial charge in [0.1, 0.15) is 5.75 Å². The number of carbonyl (C=O) groups excluding carboxylic acids is 1. The molecule has 134 valence electrons. The van der Waals surface area contributed by atoms with Crippen LogP contribution in [0.4, 0.5) is 5.69 Å². The fraction of sp³-hybridized carbons (Fsp3) is 0.533. The summed E-state index contributed by atoms with van der Waals surface area (Å²) in [6.07, 6.45) is 1.71. The molecule has 1 aliphatic carbocycles. The molecule has 0 saturated heterocycles. The summed E-state index contributed by atoms with van der Waals surface area (Å²) in [7, 11) is -0.559. The minimum Gasteiger partial charge on any atom is -0.495 e. The Morgan fingerprint density at radius 1 is 1.29 bits per heavy atom. The second kappa shape index (κ2) is 8.43. The third kappa shape index (κ3) is 5.45. The van der Waals surface area contributed by atoms with Gasteiger partial charge in [0.25, 0.3) is 0 Å². The van der Waals surface area contributed by atoms with Gasteiger partial charge in [0, 0.05) is 19.7 Å². The molecule has 0 aromatic heterocycles. The fourth-order valence-corrected chi connectivity index (χ4v) is 3.34. The van der Waals surface area contributed by atoms with Gasteiger partial charge in [-0.1, -0.05) is 0 Å². The molecule has 3 N–H and O–H groups in total. The van der Waals surface area contributed by atoms with E-state index in [0.29, 0.717) is 24.6 Å². The average Bonchev–Trinajstić information content (AvgIpc) is 3.35. The lowest BCUT2D eigenvalue weighted by Crippen LogP contribution is -2.30. The Labute approximate surface area is 142 Å². The number of hydrogen-bond donors (Lipinski definition) is 3. The zero-order valence-corrected chi connectivity index (χ0v) is 14.6. The number of sulfonamides is 1. The summed E-state index contributed by atoms with van der Waals surface area (Å²) in [5.41, 5.74) is 0.315. The highest BCUT2D eigenvalue weighted by Gasteiger charge is 2.28. The zero-order chi connectivity index (χ0) is 17.6. The maximum Gasteiger partial charge on any atom is 0.240 e. The maximum atomic E-state index is 12.3. The smallest absolute Gasteiger partial charge is 0.240 e. The Bertz CT molecular complexity index is 674. The lowest BCUT2D eigenvalue weighted by atomic mass is 10.3. The molecule has 0 aliphatic heterocycles. The predicted octanol–water partition coefficient (Wildman–Crippen LogP) is 0.310. The first-order chi connectivity index (χ1) is 11.5. The molecule has 0 heterocycles. The predicted molar refractivity (Wildman–Crippen MR) is 89.7 cm³/mol. The number of rotatable bonds is 10. The Balaban J connectivity index is 2.06. The van der Waals surface area contributed by atoms with Crippen molar-refractivity contribution < 1.29 is 22.7 Å². The number of anilines is 1. The molecule has 1 aliphatic rings. The van der Waals surface area contributed by atoms with Gasteiger partial charge in [-0.3, -0.25) is 4.79 Å². The van der Waals surface area contributed by atoms with E-state index in [-0.39, 0.29) is 23.4 Å². The first-order valence-corrected chi connectivity index (χ1v) is 9.14. The highest BCUT2D eigenvalue weighted by Crippen LogP contribution is 2.29. The van der Waals surface area contributed by atoms with Crippen molar-refractivity contribution >= 4 is 21.6 Å². The summed E-state index contributed by atoms with van der Waals surface area (Å²) in [5.74, 6) is 0.0970. The Kier molecular flexibility index (Phi) is 6.55. The first-order valence-electron chi connectivity index (χ1n) is 7.66. The van der Waals surface area contributed by atoms with E-state index in [1.807, 2.05) is 0 Å². The van der Waals surface area contributed by atoms with Crippen molar-refractivity contribution in [1.82, 2.24) is 10.0 Å². The molecule has 24 heavy (non-hydrogen) atoms. The van der Waals surface area contributed by atoms with Gasteiger partial charge in [-0.05, 0) is 31.0 Å². The minimum absolute atomic E-state index is 0.0140. The number of nitrogens with one attached hydrogen (secondary N) is 3. The van der Waals surface area contributed by atoms with E-state index in [4.69, 9.17) is 9.47 Å². The Hall–Kier alpha value is -1.68. The van der Waals surface area contributed by atoms with Gasteiger partial charge in [-0.25, -0.2) is 13.1 Å². The van der Waals surface area contributed by atoms with E-state index in [2.05, 4.69) is 15.4 Å². The first kappa shape index (κ1) is 18.7. The van der Waals surface area contributed by atoms with Gasteiger partial charge in [-0.2, -0.15) is 0 Å². The molecular weight excluding hydrogens is 334 g/mol. The van der Waals surface area contributed by atoms with Crippen LogP contribution in [-0.2, 0) is 19.6 Å². The highest BCUT2D eigenvalue weighted by atomic mass is 32.2. The van der Waals surface area contributed by atoms with E-state index < -0.39 is 10.0 Å². The number of carbonyl (C=O) groups is 1. The van der Waals surface area contributed by atoms with Crippen molar-refractivity contribution in [3.05, 3.63) is 18.2 Å². The van der Waals surface area contributed by atoms with Crippen LogP contribution in [0.15, 0.2) is 23.1 Å². The number of ether oxygens (including phenoxy) is 2. The molecule has 0 spiro atoms. The minimum atomic E-state index is -3.59. The van der Waals surface area contributed by atoms with Gasteiger partial charge < -0.3 is 20.1 Å². The Morgan fingerprint density at radius 3 is 2.67 bits per heavy atom. The molecule has 9 heteroatoms. The fourth-order valence-electron chi connectivity index (χ4n) is 2.01. The largest absolute Gasteiger partial charge is 0.495 e. The molecule has 2 rings (SSSR count). The number of methoxy groups -OCH3 is 2. The SMILES string of the molecule is COCCNCC(=O)Nc1cc(S(=O)(=O)NC2CC2)ccc1OC. The van der Waals surface area contributed by atoms with Crippen LogP contribution in [0.25, 0.3) is 0 Å². The highest BCUT2D eigenvalue weighted by molar-refractivity contribution is 7.89. The third-order valence-corrected chi connectivity index (χ3v) is 4.94. The van der Waals surface area contributed by atoms with Crippen LogP contribution in [0.2, 0.25) is 0 Å². The van der Waals surface area contributed by atoms with Crippen molar-refractivity contribution in [2.75, 3.05) is 39.2 Å². The van der Waals surface area contributed by atoms with Crippen LogP contribution in [0.5, 0.6) is 5.75 Å². The van der Waals surface area contributed by atoms with Gasteiger partial charge in [0.15, 0.2) is 0 Å². The molecule has 1 aromatic carbocycles. The third-order valence-electron chi connectivity index (χ3n) is 3.42. The van der Waals surface area contributed by atoms with Crippen LogP contribution in [0, 0.1) is 0 Å². The van der Waals surface area contributed by atoms with Crippen molar-refractivity contribution in [3.8, 4) is 5.75 Å². The second-order valence-electron chi connectivity index (χ2n) is 5.48. The van der Waals surface area contributed by atoms with Crippen LogP contribution in [0.1, 0.15) is 12.8 Å². The van der Waals surface area contributed by atoms with E-state index >= 15 is 0 Å². The Morgan fingerprint density at radius 2 is 2.04 bits per heavy atom.